The molecule has 0 aliphatic carbocycles. The molecule has 0 saturated carbocycles. The van der Waals surface area contributed by atoms with Crippen LogP contribution >= 0.6 is 22.7 Å². The molecule has 9 heteroatoms. The topological polar surface area (TPSA) is 85.4 Å². The van der Waals surface area contributed by atoms with Gasteiger partial charge in [-0.05, 0) is 35.7 Å². The van der Waals surface area contributed by atoms with Crippen LogP contribution in [0.5, 0.6) is 5.88 Å². The van der Waals surface area contributed by atoms with Crippen LogP contribution in [-0.2, 0) is 9.84 Å². The molecule has 0 aromatic carbocycles. The molecule has 3 aromatic heterocycles. The van der Waals surface area contributed by atoms with E-state index in [1.165, 1.54) is 22.6 Å². The van der Waals surface area contributed by atoms with Gasteiger partial charge in [-0.25, -0.2) is 13.4 Å². The van der Waals surface area contributed by atoms with Crippen LogP contribution in [0.15, 0.2) is 41.1 Å². The summed E-state index contributed by atoms with van der Waals surface area (Å²) in [6, 6.07) is 7.02. The first-order chi connectivity index (χ1) is 12.4. The molecular weight excluding hydrogens is 392 g/mol. The normalized spacial score (nSPS) is 18.3. The number of fused-ring (bicyclic) bond motifs is 1. The van der Waals surface area contributed by atoms with Crippen molar-refractivity contribution < 1.29 is 17.9 Å². The van der Waals surface area contributed by atoms with Gasteiger partial charge in [0, 0.05) is 14.8 Å². The quantitative estimate of drug-likeness (QED) is 0.720. The fourth-order valence-corrected chi connectivity index (χ4v) is 6.02. The number of hydrogen-bond acceptors (Lipinski definition) is 7. The molecule has 0 saturated heterocycles. The molecule has 1 N–H and O–H groups in total. The lowest BCUT2D eigenvalue weighted by molar-refractivity contribution is 0.0944. The predicted octanol–water partition coefficient (Wildman–Crippen LogP) is 3.07. The molecule has 1 amide bonds. The van der Waals surface area contributed by atoms with Gasteiger partial charge in [-0.1, -0.05) is 0 Å². The third-order valence-corrected chi connectivity index (χ3v) is 7.45. The van der Waals surface area contributed by atoms with Crippen LogP contribution in [0.2, 0.25) is 0 Å². The molecule has 0 fully saturated rings. The first-order valence-electron chi connectivity index (χ1n) is 7.69. The average Bonchev–Trinajstić information content (AvgIpc) is 3.28. The Morgan fingerprint density at radius 3 is 2.85 bits per heavy atom. The van der Waals surface area contributed by atoms with Gasteiger partial charge >= 0.3 is 0 Å². The van der Waals surface area contributed by atoms with Gasteiger partial charge in [-0.3, -0.25) is 4.79 Å². The highest BCUT2D eigenvalue weighted by Crippen LogP contribution is 2.36. The van der Waals surface area contributed by atoms with Crippen LogP contribution in [0.4, 0.5) is 0 Å². The minimum atomic E-state index is -3.23. The zero-order chi connectivity index (χ0) is 18.3. The smallest absolute Gasteiger partial charge is 0.257 e. The van der Waals surface area contributed by atoms with E-state index in [0.29, 0.717) is 0 Å². The monoisotopic (exact) mass is 406 g/mol. The summed E-state index contributed by atoms with van der Waals surface area (Å²) in [5.41, 5.74) is 1.00. The van der Waals surface area contributed by atoms with Crippen LogP contribution < -0.4 is 10.1 Å². The van der Waals surface area contributed by atoms with Crippen molar-refractivity contribution in [3.05, 3.63) is 46.7 Å². The first kappa shape index (κ1) is 17.2. The van der Waals surface area contributed by atoms with Crippen molar-refractivity contribution in [2.24, 2.45) is 0 Å². The lowest BCUT2D eigenvalue weighted by Crippen LogP contribution is -2.35. The van der Waals surface area contributed by atoms with Gasteiger partial charge < -0.3 is 10.1 Å². The van der Waals surface area contributed by atoms with Crippen LogP contribution in [0, 0.1) is 0 Å². The Labute approximate surface area is 158 Å². The van der Waals surface area contributed by atoms with Crippen molar-refractivity contribution in [1.29, 1.82) is 0 Å². The number of methoxy groups -OCH3 is 1. The number of amides is 1. The number of hydrogen-bond donors (Lipinski definition) is 1. The molecule has 0 bridgehead atoms. The molecule has 1 aliphatic rings. The van der Waals surface area contributed by atoms with Crippen molar-refractivity contribution in [2.75, 3.05) is 12.9 Å². The summed E-state index contributed by atoms with van der Waals surface area (Å²) in [6.45, 7) is 0. The minimum Gasteiger partial charge on any atom is -0.480 e. The molecule has 134 valence electrons. The summed E-state index contributed by atoms with van der Waals surface area (Å²) >= 11 is 3.30. The van der Waals surface area contributed by atoms with Gasteiger partial charge in [0.05, 0.1) is 29.5 Å². The highest BCUT2D eigenvalue weighted by atomic mass is 32.2. The van der Waals surface area contributed by atoms with E-state index in [4.69, 9.17) is 4.74 Å². The molecule has 0 unspecified atom stereocenters. The standard InChI is InChI=1S/C17H14N2O4S3/c1-23-17-11(16(20)18-10-5-7-26(21,22)9-10)2-3-12(19-17)14-8-15-13(25-14)4-6-24-15/h2-8,10H,9H2,1H3,(H,18,20)/t10-/m1/s1. The molecular formula is C17H14N2O4S3. The second-order valence-electron chi connectivity index (χ2n) is 5.75. The van der Waals surface area contributed by atoms with E-state index in [2.05, 4.69) is 22.4 Å². The van der Waals surface area contributed by atoms with Gasteiger partial charge in [-0.2, -0.15) is 0 Å². The van der Waals surface area contributed by atoms with Crippen LogP contribution in [-0.4, -0.2) is 38.2 Å². The fraction of sp³-hybridized carbons (Fsp3) is 0.176. The van der Waals surface area contributed by atoms with E-state index in [-0.39, 0.29) is 17.2 Å². The van der Waals surface area contributed by atoms with E-state index in [1.807, 2.05) is 5.38 Å². The number of aromatic nitrogens is 1. The Balaban J connectivity index is 1.60. The summed E-state index contributed by atoms with van der Waals surface area (Å²) in [6.07, 6.45) is 1.47. The number of rotatable bonds is 4. The van der Waals surface area contributed by atoms with E-state index in [1.54, 1.807) is 34.8 Å². The molecule has 4 rings (SSSR count). The number of ether oxygens (including phenoxy) is 1. The minimum absolute atomic E-state index is 0.126. The number of carbonyl (C=O) groups excluding carboxylic acids is 1. The van der Waals surface area contributed by atoms with Gasteiger partial charge in [-0.15, -0.1) is 22.7 Å². The summed E-state index contributed by atoms with van der Waals surface area (Å²) in [5.74, 6) is -0.334. The molecule has 6 nitrogen and oxygen atoms in total. The molecule has 1 aliphatic heterocycles. The highest BCUT2D eigenvalue weighted by Gasteiger charge is 2.25. The van der Waals surface area contributed by atoms with Crippen molar-refractivity contribution in [2.45, 2.75) is 6.04 Å². The average molecular weight is 407 g/mol. The number of sulfone groups is 1. The Bertz CT molecular complexity index is 1100. The zero-order valence-corrected chi connectivity index (χ0v) is 16.1. The van der Waals surface area contributed by atoms with E-state index in [0.717, 1.165) is 16.0 Å². The zero-order valence-electron chi connectivity index (χ0n) is 13.6. The number of nitrogens with zero attached hydrogens (tertiary/aromatic N) is 1. The number of pyridine rings is 1. The van der Waals surface area contributed by atoms with Crippen molar-refractivity contribution in [1.82, 2.24) is 10.3 Å². The summed E-state index contributed by atoms with van der Waals surface area (Å²) in [5, 5.41) is 5.85. The van der Waals surface area contributed by atoms with E-state index >= 15 is 0 Å². The van der Waals surface area contributed by atoms with Crippen molar-refractivity contribution in [3.63, 3.8) is 0 Å². The Hall–Kier alpha value is -2.23. The maximum atomic E-state index is 12.5. The summed E-state index contributed by atoms with van der Waals surface area (Å²) < 4.78 is 30.6. The Kier molecular flexibility index (Phi) is 4.29. The maximum absolute atomic E-state index is 12.5. The second kappa shape index (κ2) is 6.49. The third kappa shape index (κ3) is 3.25. The second-order valence-corrected chi connectivity index (χ2v) is 9.71. The predicted molar refractivity (Wildman–Crippen MR) is 104 cm³/mol. The molecule has 26 heavy (non-hydrogen) atoms. The largest absolute Gasteiger partial charge is 0.480 e. The Morgan fingerprint density at radius 2 is 2.15 bits per heavy atom. The molecule has 3 aromatic rings. The van der Waals surface area contributed by atoms with Crippen LogP contribution in [0.1, 0.15) is 10.4 Å². The van der Waals surface area contributed by atoms with E-state index < -0.39 is 21.8 Å². The summed E-state index contributed by atoms with van der Waals surface area (Å²) in [4.78, 5) is 17.9. The third-order valence-electron chi connectivity index (χ3n) is 3.94. The van der Waals surface area contributed by atoms with Crippen LogP contribution in [0.25, 0.3) is 20.0 Å². The molecule has 4 heterocycles. The number of nitrogens with one attached hydrogen (secondary N) is 1. The van der Waals surface area contributed by atoms with Gasteiger partial charge in [0.15, 0.2) is 9.84 Å². The molecule has 1 atom stereocenters. The number of thiophene rings is 2. The van der Waals surface area contributed by atoms with Gasteiger partial charge in [0.1, 0.15) is 5.56 Å². The molecule has 0 radical (unpaired) electrons. The Morgan fingerprint density at radius 1 is 1.31 bits per heavy atom. The SMILES string of the molecule is COc1nc(-c2cc3sccc3s2)ccc1C(=O)N[C@@H]1C=CS(=O)(=O)C1. The van der Waals surface area contributed by atoms with E-state index in [9.17, 15) is 13.2 Å². The summed E-state index contributed by atoms with van der Waals surface area (Å²) in [7, 11) is -1.77. The lowest BCUT2D eigenvalue weighted by Gasteiger charge is -2.12. The maximum Gasteiger partial charge on any atom is 0.257 e. The van der Waals surface area contributed by atoms with Crippen molar-refractivity contribution >= 4 is 47.8 Å². The molecule has 0 spiro atoms. The lowest BCUT2D eigenvalue weighted by atomic mass is 10.2. The fourth-order valence-electron chi connectivity index (χ4n) is 2.71. The van der Waals surface area contributed by atoms with Crippen LogP contribution in [0.3, 0.4) is 0 Å². The van der Waals surface area contributed by atoms with Crippen molar-refractivity contribution in [3.8, 4) is 16.5 Å². The van der Waals surface area contributed by atoms with Gasteiger partial charge in [0.25, 0.3) is 5.91 Å². The highest BCUT2D eigenvalue weighted by molar-refractivity contribution is 7.94. The van der Waals surface area contributed by atoms with Gasteiger partial charge in [0.2, 0.25) is 5.88 Å². The first-order valence-corrected chi connectivity index (χ1v) is 11.1. The number of carbonyl (C=O) groups is 1.